The highest BCUT2D eigenvalue weighted by Crippen LogP contribution is 2.29. The van der Waals surface area contributed by atoms with Crippen LogP contribution >= 0.6 is 0 Å². The van der Waals surface area contributed by atoms with Crippen molar-refractivity contribution in [3.05, 3.63) is 0 Å². The van der Waals surface area contributed by atoms with Gasteiger partial charge in [-0.25, -0.2) is 0 Å². The summed E-state index contributed by atoms with van der Waals surface area (Å²) in [6.07, 6.45) is 16.6. The van der Waals surface area contributed by atoms with Gasteiger partial charge in [0.2, 0.25) is 11.8 Å². The summed E-state index contributed by atoms with van der Waals surface area (Å²) in [7, 11) is 0. The second-order valence-electron chi connectivity index (χ2n) is 7.40. The van der Waals surface area contributed by atoms with Crippen molar-refractivity contribution in [2.24, 2.45) is 11.8 Å². The minimum absolute atomic E-state index is 0.0704. The van der Waals surface area contributed by atoms with Crippen molar-refractivity contribution < 1.29 is 9.59 Å². The molecule has 1 fully saturated rings. The van der Waals surface area contributed by atoms with E-state index in [-0.39, 0.29) is 17.7 Å². The predicted molar refractivity (Wildman–Crippen MR) is 96.1 cm³/mol. The molecular weight excluding hydrogens is 286 g/mol. The number of imide groups is 1. The van der Waals surface area contributed by atoms with E-state index in [1.54, 1.807) is 0 Å². The third-order valence-corrected chi connectivity index (χ3v) is 5.08. The van der Waals surface area contributed by atoms with Crippen LogP contribution in [0.2, 0.25) is 0 Å². The molecule has 1 saturated heterocycles. The Kier molecular flexibility index (Phi) is 11.0. The number of carbonyl (C=O) groups excluding carboxylic acids is 2. The lowest BCUT2D eigenvalue weighted by Gasteiger charge is -2.26. The zero-order chi connectivity index (χ0) is 16.9. The monoisotopic (exact) mass is 323 g/mol. The first-order valence-electron chi connectivity index (χ1n) is 9.98. The molecule has 3 heteroatoms. The van der Waals surface area contributed by atoms with Gasteiger partial charge in [-0.2, -0.15) is 0 Å². The molecule has 0 spiro atoms. The van der Waals surface area contributed by atoms with Crippen LogP contribution in [0.4, 0.5) is 0 Å². The fourth-order valence-electron chi connectivity index (χ4n) is 3.77. The molecule has 1 atom stereocenters. The molecule has 0 aromatic heterocycles. The molecule has 2 amide bonds. The van der Waals surface area contributed by atoms with E-state index < -0.39 is 0 Å². The number of hydrogen-bond acceptors (Lipinski definition) is 2. The normalized spacial score (nSPS) is 17.3. The molecule has 3 nitrogen and oxygen atoms in total. The highest BCUT2D eigenvalue weighted by molar-refractivity contribution is 5.97. The number of rotatable bonds is 13. The molecule has 1 aliphatic heterocycles. The molecule has 1 aliphatic rings. The summed E-state index contributed by atoms with van der Waals surface area (Å²) < 4.78 is 0. The molecular formula is C20H37NO2. The van der Waals surface area contributed by atoms with Crippen molar-refractivity contribution in [1.29, 1.82) is 0 Å². The molecule has 1 heterocycles. The van der Waals surface area contributed by atoms with Crippen LogP contribution in [0, 0.1) is 11.8 Å². The average molecular weight is 324 g/mol. The predicted octanol–water partition coefficient (Wildman–Crippen LogP) is 5.38. The number of hydrogen-bond donors (Lipinski definition) is 1. The smallest absolute Gasteiger partial charge is 0.226 e. The molecule has 134 valence electrons. The molecule has 23 heavy (non-hydrogen) atoms. The van der Waals surface area contributed by atoms with Gasteiger partial charge in [-0.1, -0.05) is 84.5 Å². The Hall–Kier alpha value is -0.860. The summed E-state index contributed by atoms with van der Waals surface area (Å²) in [5, 5.41) is 2.43. The second-order valence-corrected chi connectivity index (χ2v) is 7.40. The summed E-state index contributed by atoms with van der Waals surface area (Å²) in [5.41, 5.74) is 0. The van der Waals surface area contributed by atoms with Crippen molar-refractivity contribution in [3.8, 4) is 0 Å². The third kappa shape index (κ3) is 9.78. The van der Waals surface area contributed by atoms with Crippen molar-refractivity contribution >= 4 is 11.8 Å². The van der Waals surface area contributed by atoms with Crippen molar-refractivity contribution in [3.63, 3.8) is 0 Å². The number of carbonyl (C=O) groups is 2. The Balaban J connectivity index is 2.35. The minimum atomic E-state index is -0.0704. The molecule has 0 saturated carbocycles. The second kappa shape index (κ2) is 12.5. The van der Waals surface area contributed by atoms with Gasteiger partial charge in [-0.15, -0.1) is 0 Å². The Morgan fingerprint density at radius 2 is 1.30 bits per heavy atom. The largest absolute Gasteiger partial charge is 0.296 e. The van der Waals surface area contributed by atoms with Gasteiger partial charge in [0.15, 0.2) is 0 Å². The summed E-state index contributed by atoms with van der Waals surface area (Å²) in [4.78, 5) is 23.1. The van der Waals surface area contributed by atoms with Gasteiger partial charge in [0, 0.05) is 12.8 Å². The maximum atomic E-state index is 11.6. The summed E-state index contributed by atoms with van der Waals surface area (Å²) in [5.74, 6) is 0.845. The zero-order valence-electron chi connectivity index (χ0n) is 15.4. The van der Waals surface area contributed by atoms with Crippen LogP contribution in [0.5, 0.6) is 0 Å². The molecule has 1 N–H and O–H groups in total. The number of unbranched alkanes of at least 4 members (excludes halogenated alkanes) is 7. The van der Waals surface area contributed by atoms with E-state index in [4.69, 9.17) is 0 Å². The SMILES string of the molecule is CCCCCCCC(CCCCCC)CC1CC(=O)NC(=O)C1. The first-order valence-corrected chi connectivity index (χ1v) is 9.98. The fraction of sp³-hybridized carbons (Fsp3) is 0.900. The summed E-state index contributed by atoms with van der Waals surface area (Å²) >= 11 is 0. The Morgan fingerprint density at radius 1 is 0.826 bits per heavy atom. The highest BCUT2D eigenvalue weighted by Gasteiger charge is 2.26. The maximum Gasteiger partial charge on any atom is 0.226 e. The van der Waals surface area contributed by atoms with Crippen LogP contribution in [-0.4, -0.2) is 11.8 Å². The molecule has 0 aromatic rings. The van der Waals surface area contributed by atoms with E-state index in [0.717, 1.165) is 6.42 Å². The summed E-state index contributed by atoms with van der Waals surface area (Å²) in [6.45, 7) is 4.50. The first-order chi connectivity index (χ1) is 11.2. The van der Waals surface area contributed by atoms with Crippen molar-refractivity contribution in [2.45, 2.75) is 104 Å². The van der Waals surface area contributed by atoms with E-state index in [1.165, 1.54) is 70.6 Å². The van der Waals surface area contributed by atoms with Crippen LogP contribution in [0.15, 0.2) is 0 Å². The Bertz CT molecular complexity index is 325. The van der Waals surface area contributed by atoms with Gasteiger partial charge >= 0.3 is 0 Å². The minimum Gasteiger partial charge on any atom is -0.296 e. The van der Waals surface area contributed by atoms with Crippen LogP contribution < -0.4 is 5.32 Å². The molecule has 1 rings (SSSR count). The Labute approximate surface area is 143 Å². The van der Waals surface area contributed by atoms with E-state index in [9.17, 15) is 9.59 Å². The number of nitrogens with one attached hydrogen (secondary N) is 1. The van der Waals surface area contributed by atoms with Crippen LogP contribution in [0.1, 0.15) is 104 Å². The lowest BCUT2D eigenvalue weighted by Crippen LogP contribution is -2.39. The lowest BCUT2D eigenvalue weighted by molar-refractivity contribution is -0.135. The molecule has 0 radical (unpaired) electrons. The zero-order valence-corrected chi connectivity index (χ0v) is 15.4. The molecule has 0 bridgehead atoms. The first kappa shape index (κ1) is 20.2. The molecule has 0 aromatic carbocycles. The quantitative estimate of drug-likeness (QED) is 0.365. The van der Waals surface area contributed by atoms with E-state index >= 15 is 0 Å². The van der Waals surface area contributed by atoms with Gasteiger partial charge in [0.25, 0.3) is 0 Å². The van der Waals surface area contributed by atoms with E-state index in [1.807, 2.05) is 0 Å². The highest BCUT2D eigenvalue weighted by atomic mass is 16.2. The topological polar surface area (TPSA) is 46.2 Å². The maximum absolute atomic E-state index is 11.6. The number of piperidine rings is 1. The lowest BCUT2D eigenvalue weighted by atomic mass is 9.82. The van der Waals surface area contributed by atoms with Crippen molar-refractivity contribution in [1.82, 2.24) is 5.32 Å². The fourth-order valence-corrected chi connectivity index (χ4v) is 3.77. The third-order valence-electron chi connectivity index (χ3n) is 5.08. The van der Waals surface area contributed by atoms with Gasteiger partial charge < -0.3 is 0 Å². The van der Waals surface area contributed by atoms with Crippen LogP contribution in [0.3, 0.4) is 0 Å². The standard InChI is InChI=1S/C20H37NO2/c1-3-5-7-9-11-13-17(12-10-8-6-4-2)14-18-15-19(22)21-20(23)16-18/h17-18H,3-16H2,1-2H3,(H,21,22,23). The van der Waals surface area contributed by atoms with Crippen molar-refractivity contribution in [2.75, 3.05) is 0 Å². The van der Waals surface area contributed by atoms with Gasteiger partial charge in [-0.3, -0.25) is 14.9 Å². The van der Waals surface area contributed by atoms with E-state index in [2.05, 4.69) is 19.2 Å². The van der Waals surface area contributed by atoms with Gasteiger partial charge in [-0.05, 0) is 18.3 Å². The average Bonchev–Trinajstić information content (AvgIpc) is 2.50. The van der Waals surface area contributed by atoms with Crippen LogP contribution in [0.25, 0.3) is 0 Å². The van der Waals surface area contributed by atoms with E-state index in [0.29, 0.717) is 18.8 Å². The van der Waals surface area contributed by atoms with Crippen LogP contribution in [-0.2, 0) is 9.59 Å². The Morgan fingerprint density at radius 3 is 1.83 bits per heavy atom. The van der Waals surface area contributed by atoms with Gasteiger partial charge in [0.1, 0.15) is 0 Å². The van der Waals surface area contributed by atoms with Gasteiger partial charge in [0.05, 0.1) is 0 Å². The number of amides is 2. The molecule has 1 unspecified atom stereocenters. The summed E-state index contributed by atoms with van der Waals surface area (Å²) in [6, 6.07) is 0. The molecule has 0 aliphatic carbocycles.